The summed E-state index contributed by atoms with van der Waals surface area (Å²) in [6.45, 7) is 2.22. The van der Waals surface area contributed by atoms with Crippen LogP contribution in [0, 0.1) is 17.2 Å². The van der Waals surface area contributed by atoms with E-state index in [0.717, 1.165) is 38.8 Å². The minimum absolute atomic E-state index is 0.0206. The molecule has 0 bridgehead atoms. The summed E-state index contributed by atoms with van der Waals surface area (Å²) < 4.78 is 42.0. The van der Waals surface area contributed by atoms with Gasteiger partial charge in [0.05, 0.1) is 12.3 Å². The molecule has 2 aromatic rings. The van der Waals surface area contributed by atoms with Gasteiger partial charge >= 0.3 is 6.36 Å². The fourth-order valence-electron chi connectivity index (χ4n) is 4.47. The van der Waals surface area contributed by atoms with E-state index in [1.807, 2.05) is 0 Å². The van der Waals surface area contributed by atoms with Gasteiger partial charge in [-0.1, -0.05) is 18.2 Å². The first-order valence-electron chi connectivity index (χ1n) is 11.3. The maximum absolute atomic E-state index is 12.6. The number of ether oxygens (including phenoxy) is 1. The second-order valence-corrected chi connectivity index (χ2v) is 8.74. The van der Waals surface area contributed by atoms with Gasteiger partial charge in [0.15, 0.2) is 0 Å². The number of rotatable bonds is 8. The zero-order valence-corrected chi connectivity index (χ0v) is 18.6. The molecule has 0 atom stereocenters. The maximum Gasteiger partial charge on any atom is 0.573 e. The predicted molar refractivity (Wildman–Crippen MR) is 119 cm³/mol. The average molecular weight is 477 g/mol. The molecule has 1 aliphatic carbocycles. The number of benzene rings is 1. The van der Waals surface area contributed by atoms with E-state index in [1.165, 1.54) is 24.4 Å². The Kier molecular flexibility index (Phi) is 7.38. The van der Waals surface area contributed by atoms with Gasteiger partial charge < -0.3 is 20.5 Å². The highest BCUT2D eigenvalue weighted by Gasteiger charge is 2.33. The Labute approximate surface area is 195 Å². The third-order valence-corrected chi connectivity index (χ3v) is 6.33. The van der Waals surface area contributed by atoms with E-state index in [1.54, 1.807) is 6.07 Å². The van der Waals surface area contributed by atoms with Crippen LogP contribution in [-0.2, 0) is 6.54 Å². The summed E-state index contributed by atoms with van der Waals surface area (Å²) in [6.07, 6.45) is 0.696. The summed E-state index contributed by atoms with van der Waals surface area (Å²) >= 11 is 0. The van der Waals surface area contributed by atoms with E-state index >= 15 is 0 Å². The van der Waals surface area contributed by atoms with Crippen LogP contribution in [0.25, 0.3) is 0 Å². The van der Waals surface area contributed by atoms with Gasteiger partial charge in [0.25, 0.3) is 0 Å². The molecule has 2 fully saturated rings. The molecule has 0 unspecified atom stereocenters. The molecule has 2 aliphatic rings. The average Bonchev–Trinajstić information content (AvgIpc) is 2.79. The van der Waals surface area contributed by atoms with Crippen LogP contribution in [0.4, 0.5) is 24.9 Å². The SMILES string of the molecule is N#Cc1cnc(NCc2ccccc2OC(F)(F)F)nc1NC[C@H]1CC[C@H](N2CC(O)C2)CC1. The largest absolute Gasteiger partial charge is 0.573 e. The molecule has 1 saturated heterocycles. The molecule has 8 nitrogen and oxygen atoms in total. The van der Waals surface area contributed by atoms with Crippen LogP contribution in [0.5, 0.6) is 5.75 Å². The number of nitrogens with zero attached hydrogens (tertiary/aromatic N) is 4. The molecule has 0 spiro atoms. The van der Waals surface area contributed by atoms with Gasteiger partial charge in [0.1, 0.15) is 23.2 Å². The molecule has 11 heteroatoms. The second kappa shape index (κ2) is 10.4. The van der Waals surface area contributed by atoms with E-state index < -0.39 is 6.36 Å². The third-order valence-electron chi connectivity index (χ3n) is 6.33. The number of hydrogen-bond acceptors (Lipinski definition) is 8. The summed E-state index contributed by atoms with van der Waals surface area (Å²) in [6, 6.07) is 8.45. The molecular formula is C23H27F3N6O2. The lowest BCUT2D eigenvalue weighted by Crippen LogP contribution is -2.56. The normalized spacial score (nSPS) is 21.4. The number of aliphatic hydroxyl groups is 1. The Balaban J connectivity index is 1.32. The van der Waals surface area contributed by atoms with E-state index in [-0.39, 0.29) is 24.3 Å². The summed E-state index contributed by atoms with van der Waals surface area (Å²) in [7, 11) is 0. The first kappa shape index (κ1) is 24.0. The highest BCUT2D eigenvalue weighted by atomic mass is 19.4. The first-order chi connectivity index (χ1) is 16.3. The molecule has 182 valence electrons. The first-order valence-corrected chi connectivity index (χ1v) is 11.3. The molecule has 0 amide bonds. The van der Waals surface area contributed by atoms with Crippen molar-refractivity contribution < 1.29 is 23.0 Å². The molecule has 1 aromatic carbocycles. The fourth-order valence-corrected chi connectivity index (χ4v) is 4.47. The van der Waals surface area contributed by atoms with Crippen LogP contribution >= 0.6 is 0 Å². The Morgan fingerprint density at radius 1 is 1.15 bits per heavy atom. The number of halogens is 3. The minimum atomic E-state index is -4.78. The lowest BCUT2D eigenvalue weighted by molar-refractivity contribution is -0.274. The second-order valence-electron chi connectivity index (χ2n) is 8.74. The number of aromatic nitrogens is 2. The molecule has 1 saturated carbocycles. The highest BCUT2D eigenvalue weighted by Crippen LogP contribution is 2.31. The van der Waals surface area contributed by atoms with Crippen molar-refractivity contribution in [1.82, 2.24) is 14.9 Å². The van der Waals surface area contributed by atoms with Crippen LogP contribution in [0.3, 0.4) is 0 Å². The van der Waals surface area contributed by atoms with Crippen molar-refractivity contribution in [1.29, 1.82) is 5.26 Å². The number of likely N-dealkylation sites (tertiary alicyclic amines) is 1. The van der Waals surface area contributed by atoms with Crippen molar-refractivity contribution in [3.63, 3.8) is 0 Å². The van der Waals surface area contributed by atoms with Gasteiger partial charge in [0, 0.05) is 37.8 Å². The summed E-state index contributed by atoms with van der Waals surface area (Å²) in [5, 5.41) is 25.1. The van der Waals surface area contributed by atoms with E-state index in [2.05, 4.69) is 36.3 Å². The number of alkyl halides is 3. The van der Waals surface area contributed by atoms with Crippen molar-refractivity contribution in [3.05, 3.63) is 41.6 Å². The number of nitriles is 1. The summed E-state index contributed by atoms with van der Waals surface area (Å²) in [5.41, 5.74) is 0.600. The van der Waals surface area contributed by atoms with Gasteiger partial charge in [-0.2, -0.15) is 10.2 Å². The predicted octanol–water partition coefficient (Wildman–Crippen LogP) is 3.51. The minimum Gasteiger partial charge on any atom is -0.405 e. The van der Waals surface area contributed by atoms with Crippen LogP contribution in [-0.4, -0.2) is 58.1 Å². The fraction of sp³-hybridized carbons (Fsp3) is 0.522. The lowest BCUT2D eigenvalue weighted by atomic mass is 9.84. The van der Waals surface area contributed by atoms with Crippen molar-refractivity contribution in [2.24, 2.45) is 5.92 Å². The van der Waals surface area contributed by atoms with Crippen molar-refractivity contribution in [2.75, 3.05) is 30.3 Å². The number of aliphatic hydroxyl groups excluding tert-OH is 1. The Morgan fingerprint density at radius 2 is 1.88 bits per heavy atom. The topological polar surface area (TPSA) is 106 Å². The molecule has 3 N–H and O–H groups in total. The Morgan fingerprint density at radius 3 is 2.56 bits per heavy atom. The van der Waals surface area contributed by atoms with E-state index in [4.69, 9.17) is 0 Å². The smallest absolute Gasteiger partial charge is 0.405 e. The zero-order valence-electron chi connectivity index (χ0n) is 18.6. The molecule has 1 aliphatic heterocycles. The van der Waals surface area contributed by atoms with Gasteiger partial charge in [-0.25, -0.2) is 4.98 Å². The molecule has 2 heterocycles. The van der Waals surface area contributed by atoms with Crippen LogP contribution in [0.2, 0.25) is 0 Å². The van der Waals surface area contributed by atoms with E-state index in [9.17, 15) is 23.5 Å². The number of para-hydroxylation sites is 1. The van der Waals surface area contributed by atoms with Crippen molar-refractivity contribution in [2.45, 2.75) is 50.7 Å². The molecule has 1 aromatic heterocycles. The number of nitrogens with one attached hydrogen (secondary N) is 2. The van der Waals surface area contributed by atoms with Crippen molar-refractivity contribution >= 4 is 11.8 Å². The Bertz CT molecular complexity index is 1010. The number of β-amino-alcohol motifs (C(OH)–C–C–N with tert-alkyl or cyclic N) is 1. The van der Waals surface area contributed by atoms with Gasteiger partial charge in [-0.15, -0.1) is 13.2 Å². The maximum atomic E-state index is 12.6. The van der Waals surface area contributed by atoms with Gasteiger partial charge in [0.2, 0.25) is 5.95 Å². The zero-order chi connectivity index (χ0) is 24.1. The highest BCUT2D eigenvalue weighted by molar-refractivity contribution is 5.53. The third kappa shape index (κ3) is 6.27. The van der Waals surface area contributed by atoms with Crippen LogP contribution in [0.1, 0.15) is 36.8 Å². The van der Waals surface area contributed by atoms with Gasteiger partial charge in [-0.3, -0.25) is 4.90 Å². The quantitative estimate of drug-likeness (QED) is 0.532. The molecule has 4 rings (SSSR count). The van der Waals surface area contributed by atoms with E-state index in [0.29, 0.717) is 35.4 Å². The molecule has 34 heavy (non-hydrogen) atoms. The number of hydrogen-bond donors (Lipinski definition) is 3. The monoisotopic (exact) mass is 476 g/mol. The standard InChI is InChI=1S/C23H27F3N6O2/c24-23(25,26)34-20-4-2-1-3-16(20)11-29-22-30-12-17(9-27)21(31-22)28-10-15-5-7-18(8-6-15)32-13-19(33)14-32/h1-4,12,15,18-19,33H,5-8,10-11,13-14H2,(H2,28,29,30,31)/t15-,18-. The molecular weight excluding hydrogens is 449 g/mol. The van der Waals surface area contributed by atoms with Crippen LogP contribution < -0.4 is 15.4 Å². The summed E-state index contributed by atoms with van der Waals surface area (Å²) in [4.78, 5) is 10.8. The Hall–Kier alpha value is -3.10. The summed E-state index contributed by atoms with van der Waals surface area (Å²) in [5.74, 6) is 0.751. The van der Waals surface area contributed by atoms with Crippen molar-refractivity contribution in [3.8, 4) is 11.8 Å². The molecule has 0 radical (unpaired) electrons. The lowest BCUT2D eigenvalue weighted by Gasteiger charge is -2.44. The van der Waals surface area contributed by atoms with Gasteiger partial charge in [-0.05, 0) is 37.7 Å². The van der Waals surface area contributed by atoms with Crippen LogP contribution in [0.15, 0.2) is 30.5 Å². The number of anilines is 2.